The van der Waals surface area contributed by atoms with E-state index in [1.165, 1.54) is 0 Å². The molecule has 8 heteroatoms. The van der Waals surface area contributed by atoms with Crippen molar-refractivity contribution in [1.82, 2.24) is 10.6 Å². The molecule has 1 aliphatic rings. The molecular formula is C22H34N2O6. The molecule has 0 aliphatic carbocycles. The summed E-state index contributed by atoms with van der Waals surface area (Å²) in [5.74, 6) is -1.52. The van der Waals surface area contributed by atoms with Crippen LogP contribution in [-0.4, -0.2) is 49.1 Å². The van der Waals surface area contributed by atoms with Crippen molar-refractivity contribution in [3.8, 4) is 0 Å². The van der Waals surface area contributed by atoms with Gasteiger partial charge in [0.25, 0.3) is 0 Å². The monoisotopic (exact) mass is 422 g/mol. The van der Waals surface area contributed by atoms with Gasteiger partial charge in [0.15, 0.2) is 0 Å². The predicted octanol–water partition coefficient (Wildman–Crippen LogP) is 2.33. The first-order chi connectivity index (χ1) is 14.5. The molecular weight excluding hydrogens is 388 g/mol. The number of esters is 2. The van der Waals surface area contributed by atoms with Gasteiger partial charge in [-0.05, 0) is 51.4 Å². The van der Waals surface area contributed by atoms with Crippen molar-refractivity contribution in [2.75, 3.05) is 13.2 Å². The molecule has 0 unspecified atom stereocenters. The van der Waals surface area contributed by atoms with Crippen LogP contribution in [0.4, 0.5) is 0 Å². The Labute approximate surface area is 178 Å². The van der Waals surface area contributed by atoms with Crippen molar-refractivity contribution in [3.63, 3.8) is 0 Å². The van der Waals surface area contributed by atoms with Gasteiger partial charge in [-0.2, -0.15) is 0 Å². The number of piperazine rings is 1. The van der Waals surface area contributed by atoms with Gasteiger partial charge in [-0.15, -0.1) is 13.2 Å². The second-order valence-corrected chi connectivity index (χ2v) is 7.21. The number of allylic oxidation sites excluding steroid dienone is 2. The summed E-state index contributed by atoms with van der Waals surface area (Å²) in [6.45, 7) is 7.93. The van der Waals surface area contributed by atoms with E-state index in [2.05, 4.69) is 23.8 Å². The fourth-order valence-corrected chi connectivity index (χ4v) is 2.90. The van der Waals surface area contributed by atoms with E-state index in [0.717, 1.165) is 38.5 Å². The first kappa shape index (κ1) is 25.4. The highest BCUT2D eigenvalue weighted by molar-refractivity contribution is 5.97. The second-order valence-electron chi connectivity index (χ2n) is 7.21. The summed E-state index contributed by atoms with van der Waals surface area (Å²) in [5.41, 5.74) is 0. The first-order valence-electron chi connectivity index (χ1n) is 10.6. The molecule has 1 aliphatic heterocycles. The molecule has 1 heterocycles. The molecule has 2 atom stereocenters. The van der Waals surface area contributed by atoms with E-state index in [0.29, 0.717) is 13.2 Å². The van der Waals surface area contributed by atoms with Gasteiger partial charge in [0.2, 0.25) is 11.8 Å². The van der Waals surface area contributed by atoms with Crippen LogP contribution in [0.5, 0.6) is 0 Å². The zero-order chi connectivity index (χ0) is 22.2. The highest BCUT2D eigenvalue weighted by atomic mass is 16.5. The molecule has 1 rings (SSSR count). The van der Waals surface area contributed by atoms with E-state index < -0.39 is 24.0 Å². The van der Waals surface area contributed by atoms with Gasteiger partial charge in [0, 0.05) is 12.8 Å². The zero-order valence-electron chi connectivity index (χ0n) is 17.7. The number of hydrogen-bond donors (Lipinski definition) is 2. The highest BCUT2D eigenvalue weighted by Crippen LogP contribution is 2.10. The molecule has 0 saturated carbocycles. The Morgan fingerprint density at radius 1 is 0.767 bits per heavy atom. The lowest BCUT2D eigenvalue weighted by Gasteiger charge is -2.29. The topological polar surface area (TPSA) is 111 Å². The van der Waals surface area contributed by atoms with Crippen LogP contribution < -0.4 is 10.6 Å². The summed E-state index contributed by atoms with van der Waals surface area (Å²) in [7, 11) is 0. The number of carbonyl (C=O) groups is 4. The predicted molar refractivity (Wildman–Crippen MR) is 112 cm³/mol. The largest absolute Gasteiger partial charge is 0.466 e. The van der Waals surface area contributed by atoms with Crippen molar-refractivity contribution in [1.29, 1.82) is 0 Å². The number of hydrogen-bond acceptors (Lipinski definition) is 6. The Hall–Kier alpha value is -2.64. The number of unbranched alkanes of at least 4 members (excludes halogenated alkanes) is 4. The third kappa shape index (κ3) is 10.8. The third-order valence-corrected chi connectivity index (χ3v) is 4.67. The van der Waals surface area contributed by atoms with Crippen LogP contribution >= 0.6 is 0 Å². The first-order valence-corrected chi connectivity index (χ1v) is 10.6. The second kappa shape index (κ2) is 15.2. The lowest BCUT2D eigenvalue weighted by atomic mass is 10.0. The Morgan fingerprint density at radius 2 is 1.17 bits per heavy atom. The van der Waals surface area contributed by atoms with Crippen LogP contribution in [0.3, 0.4) is 0 Å². The minimum atomic E-state index is -0.779. The van der Waals surface area contributed by atoms with Crippen LogP contribution in [0.2, 0.25) is 0 Å². The molecule has 8 nitrogen and oxygen atoms in total. The normalized spacial score (nSPS) is 18.1. The van der Waals surface area contributed by atoms with Crippen LogP contribution in [0.1, 0.15) is 64.2 Å². The van der Waals surface area contributed by atoms with E-state index in [1.807, 2.05) is 12.2 Å². The number of amides is 2. The van der Waals surface area contributed by atoms with Crippen LogP contribution in [0.15, 0.2) is 25.3 Å². The van der Waals surface area contributed by atoms with Crippen molar-refractivity contribution in [2.45, 2.75) is 76.3 Å². The van der Waals surface area contributed by atoms with Gasteiger partial charge in [0.05, 0.1) is 13.2 Å². The van der Waals surface area contributed by atoms with Crippen LogP contribution in [0.25, 0.3) is 0 Å². The molecule has 168 valence electrons. The molecule has 0 aromatic heterocycles. The summed E-state index contributed by atoms with van der Waals surface area (Å²) in [6, 6.07) is -1.56. The van der Waals surface area contributed by atoms with E-state index in [9.17, 15) is 19.2 Å². The van der Waals surface area contributed by atoms with E-state index >= 15 is 0 Å². The molecule has 0 aromatic rings. The average molecular weight is 423 g/mol. The molecule has 1 saturated heterocycles. The maximum atomic E-state index is 12.2. The smallest absolute Gasteiger partial charge is 0.305 e. The number of nitrogens with one attached hydrogen (secondary N) is 2. The SMILES string of the molecule is C=CCCCCOC(=O)CC[C@@H]1NC(=O)[C@H](CCC(=O)OCCCCC=C)NC1=O. The average Bonchev–Trinajstić information content (AvgIpc) is 2.72. The molecule has 2 amide bonds. The minimum Gasteiger partial charge on any atom is -0.466 e. The lowest BCUT2D eigenvalue weighted by Crippen LogP contribution is -2.61. The van der Waals surface area contributed by atoms with Gasteiger partial charge < -0.3 is 20.1 Å². The number of ether oxygens (including phenoxy) is 2. The Morgan fingerprint density at radius 3 is 1.53 bits per heavy atom. The third-order valence-electron chi connectivity index (χ3n) is 4.67. The van der Waals surface area contributed by atoms with E-state index in [4.69, 9.17) is 9.47 Å². The molecule has 0 bridgehead atoms. The Bertz CT molecular complexity index is 552. The van der Waals surface area contributed by atoms with Crippen LogP contribution in [0, 0.1) is 0 Å². The van der Waals surface area contributed by atoms with Gasteiger partial charge in [-0.1, -0.05) is 12.2 Å². The summed E-state index contributed by atoms with van der Waals surface area (Å²) >= 11 is 0. The standard InChI is InChI=1S/C22H34N2O6/c1-3-5-7-9-15-29-19(25)13-11-17-21(27)24-18(22(28)23-17)12-14-20(26)30-16-10-8-6-4-2/h3-4,17-18H,1-2,5-16H2,(H,23,28)(H,24,27)/t17-,18-/m0/s1. The minimum absolute atomic E-state index is 0.0443. The summed E-state index contributed by atoms with van der Waals surface area (Å²) in [6.07, 6.45) is 9.14. The maximum Gasteiger partial charge on any atom is 0.305 e. The Kier molecular flexibility index (Phi) is 12.9. The molecule has 30 heavy (non-hydrogen) atoms. The zero-order valence-corrected chi connectivity index (χ0v) is 17.7. The summed E-state index contributed by atoms with van der Waals surface area (Å²) in [5, 5.41) is 5.23. The van der Waals surface area contributed by atoms with Gasteiger partial charge in [-0.3, -0.25) is 19.2 Å². The highest BCUT2D eigenvalue weighted by Gasteiger charge is 2.33. The lowest BCUT2D eigenvalue weighted by molar-refractivity contribution is -0.146. The fourth-order valence-electron chi connectivity index (χ4n) is 2.90. The van der Waals surface area contributed by atoms with E-state index in [-0.39, 0.29) is 37.5 Å². The number of rotatable bonds is 16. The fraction of sp³-hybridized carbons (Fsp3) is 0.636. The maximum absolute atomic E-state index is 12.2. The molecule has 0 radical (unpaired) electrons. The van der Waals surface area contributed by atoms with Crippen molar-refractivity contribution >= 4 is 23.8 Å². The molecule has 0 spiro atoms. The molecule has 1 fully saturated rings. The summed E-state index contributed by atoms with van der Waals surface area (Å²) < 4.78 is 10.2. The van der Waals surface area contributed by atoms with Crippen molar-refractivity contribution in [2.24, 2.45) is 0 Å². The Balaban J connectivity index is 2.23. The summed E-state index contributed by atoms with van der Waals surface area (Å²) in [4.78, 5) is 47.9. The van der Waals surface area contributed by atoms with Crippen LogP contribution in [-0.2, 0) is 28.7 Å². The van der Waals surface area contributed by atoms with E-state index in [1.54, 1.807) is 0 Å². The van der Waals surface area contributed by atoms with Gasteiger partial charge in [0.1, 0.15) is 12.1 Å². The van der Waals surface area contributed by atoms with Crippen molar-refractivity contribution in [3.05, 3.63) is 25.3 Å². The van der Waals surface area contributed by atoms with Gasteiger partial charge in [-0.25, -0.2) is 0 Å². The molecule has 0 aromatic carbocycles. The number of carbonyl (C=O) groups excluding carboxylic acids is 4. The van der Waals surface area contributed by atoms with Gasteiger partial charge >= 0.3 is 11.9 Å². The van der Waals surface area contributed by atoms with Crippen molar-refractivity contribution < 1.29 is 28.7 Å². The molecule has 2 N–H and O–H groups in total. The quantitative estimate of drug-likeness (QED) is 0.224.